The number of carbonyl (C=O) groups excluding carboxylic acids is 3. The number of esters is 1. The molecule has 2 heterocycles. The van der Waals surface area contributed by atoms with E-state index in [1.54, 1.807) is 38.1 Å². The second kappa shape index (κ2) is 5.34. The molecule has 22 heavy (non-hydrogen) atoms. The van der Waals surface area contributed by atoms with Crippen LogP contribution >= 0.6 is 11.3 Å². The lowest BCUT2D eigenvalue weighted by atomic mass is 10.1. The second-order valence-corrected chi connectivity index (χ2v) is 6.00. The maximum absolute atomic E-state index is 12.1. The molecule has 1 aromatic carbocycles. The highest BCUT2D eigenvalue weighted by Gasteiger charge is 2.36. The maximum Gasteiger partial charge on any atom is 0.351 e. The van der Waals surface area contributed by atoms with Gasteiger partial charge in [-0.3, -0.25) is 9.59 Å². The molecule has 0 N–H and O–H groups in total. The number of hydrogen-bond donors (Lipinski definition) is 0. The molecule has 7 heteroatoms. The van der Waals surface area contributed by atoms with Crippen molar-refractivity contribution in [1.82, 2.24) is 9.88 Å². The van der Waals surface area contributed by atoms with Crippen LogP contribution in [0.2, 0.25) is 0 Å². The largest absolute Gasteiger partial charge is 0.439 e. The molecule has 1 aromatic heterocycles. The van der Waals surface area contributed by atoms with Crippen molar-refractivity contribution in [3.05, 3.63) is 51.0 Å². The highest BCUT2D eigenvalue weighted by Crippen LogP contribution is 2.23. The molecule has 6 nitrogen and oxygen atoms in total. The van der Waals surface area contributed by atoms with Crippen molar-refractivity contribution in [2.24, 2.45) is 0 Å². The molecule has 0 atom stereocenters. The standard InChI is InChI=1S/C15H12N2O4S/c1-8-12(22-9(2)16-8)15(20)21-7-17-13(18)10-5-3-4-6-11(10)14(17)19/h3-6H,7H2,1-2H3. The van der Waals surface area contributed by atoms with Crippen LogP contribution in [0.1, 0.15) is 41.1 Å². The number of aryl methyl sites for hydroxylation is 2. The summed E-state index contributed by atoms with van der Waals surface area (Å²) in [5.41, 5.74) is 1.23. The average molecular weight is 316 g/mol. The lowest BCUT2D eigenvalue weighted by molar-refractivity contribution is 0.0231. The molecule has 1 aliphatic rings. The number of imide groups is 1. The number of nitrogens with zero attached hydrogens (tertiary/aromatic N) is 2. The number of hydrogen-bond acceptors (Lipinski definition) is 6. The van der Waals surface area contributed by atoms with E-state index < -0.39 is 24.5 Å². The van der Waals surface area contributed by atoms with Crippen molar-refractivity contribution in [2.75, 3.05) is 6.73 Å². The molecular weight excluding hydrogens is 304 g/mol. The highest BCUT2D eigenvalue weighted by atomic mass is 32.1. The zero-order chi connectivity index (χ0) is 15.9. The number of aromatic nitrogens is 1. The van der Waals surface area contributed by atoms with Gasteiger partial charge in [-0.25, -0.2) is 14.7 Å². The first-order valence-corrected chi connectivity index (χ1v) is 7.37. The number of rotatable bonds is 3. The van der Waals surface area contributed by atoms with Gasteiger partial charge in [-0.1, -0.05) is 12.1 Å². The van der Waals surface area contributed by atoms with E-state index in [1.165, 1.54) is 11.3 Å². The van der Waals surface area contributed by atoms with Crippen LogP contribution in [0.25, 0.3) is 0 Å². The SMILES string of the molecule is Cc1nc(C)c(C(=O)OCN2C(=O)c3ccccc3C2=O)s1. The fourth-order valence-electron chi connectivity index (χ4n) is 2.27. The van der Waals surface area contributed by atoms with E-state index in [2.05, 4.69) is 4.98 Å². The van der Waals surface area contributed by atoms with Crippen molar-refractivity contribution in [3.63, 3.8) is 0 Å². The molecule has 0 spiro atoms. The Balaban J connectivity index is 1.73. The number of amides is 2. The third-order valence-electron chi connectivity index (χ3n) is 3.29. The van der Waals surface area contributed by atoms with Gasteiger partial charge >= 0.3 is 5.97 Å². The summed E-state index contributed by atoms with van der Waals surface area (Å²) in [4.78, 5) is 41.7. The first-order chi connectivity index (χ1) is 10.5. The maximum atomic E-state index is 12.1. The van der Waals surface area contributed by atoms with Crippen molar-refractivity contribution in [2.45, 2.75) is 13.8 Å². The molecule has 0 aliphatic carbocycles. The average Bonchev–Trinajstić information content (AvgIpc) is 2.96. The van der Waals surface area contributed by atoms with Crippen LogP contribution in [0.4, 0.5) is 0 Å². The molecule has 0 radical (unpaired) electrons. The van der Waals surface area contributed by atoms with Gasteiger partial charge in [0.2, 0.25) is 0 Å². The molecular formula is C15H12N2O4S. The number of ether oxygens (including phenoxy) is 1. The minimum atomic E-state index is -0.584. The van der Waals surface area contributed by atoms with Crippen LogP contribution in [-0.2, 0) is 4.74 Å². The Morgan fingerprint density at radius 2 is 1.77 bits per heavy atom. The summed E-state index contributed by atoms with van der Waals surface area (Å²) in [6.45, 7) is 3.10. The fourth-order valence-corrected chi connectivity index (χ4v) is 3.08. The van der Waals surface area contributed by atoms with Crippen molar-refractivity contribution in [3.8, 4) is 0 Å². The topological polar surface area (TPSA) is 76.6 Å². The lowest BCUT2D eigenvalue weighted by Crippen LogP contribution is -2.33. The summed E-state index contributed by atoms with van der Waals surface area (Å²) in [5, 5.41) is 0.755. The van der Waals surface area contributed by atoms with Gasteiger partial charge in [-0.15, -0.1) is 11.3 Å². The van der Waals surface area contributed by atoms with Gasteiger partial charge in [-0.05, 0) is 26.0 Å². The van der Waals surface area contributed by atoms with Gasteiger partial charge in [0.25, 0.3) is 11.8 Å². The molecule has 2 aromatic rings. The summed E-state index contributed by atoms with van der Waals surface area (Å²) in [6.07, 6.45) is 0. The van der Waals surface area contributed by atoms with Gasteiger partial charge in [-0.2, -0.15) is 0 Å². The van der Waals surface area contributed by atoms with E-state index >= 15 is 0 Å². The fraction of sp³-hybridized carbons (Fsp3) is 0.200. The van der Waals surface area contributed by atoms with Gasteiger partial charge < -0.3 is 4.74 Å². The number of carbonyl (C=O) groups is 3. The Morgan fingerprint density at radius 3 is 2.27 bits per heavy atom. The molecule has 1 aliphatic heterocycles. The minimum Gasteiger partial charge on any atom is -0.439 e. The lowest BCUT2D eigenvalue weighted by Gasteiger charge is -2.13. The Labute approximate surface area is 130 Å². The molecule has 0 fully saturated rings. The normalized spacial score (nSPS) is 13.5. The molecule has 0 unspecified atom stereocenters. The molecule has 112 valence electrons. The first-order valence-electron chi connectivity index (χ1n) is 6.55. The first kappa shape index (κ1) is 14.4. The van der Waals surface area contributed by atoms with Crippen LogP contribution in [0.15, 0.2) is 24.3 Å². The van der Waals surface area contributed by atoms with Crippen molar-refractivity contribution >= 4 is 29.1 Å². The van der Waals surface area contributed by atoms with E-state index in [4.69, 9.17) is 4.74 Å². The smallest absolute Gasteiger partial charge is 0.351 e. The monoisotopic (exact) mass is 316 g/mol. The summed E-state index contributed by atoms with van der Waals surface area (Å²) in [5.74, 6) is -1.49. The van der Waals surface area contributed by atoms with E-state index in [1.807, 2.05) is 0 Å². The van der Waals surface area contributed by atoms with E-state index in [0.717, 1.165) is 9.91 Å². The van der Waals surface area contributed by atoms with Crippen LogP contribution in [0.5, 0.6) is 0 Å². The van der Waals surface area contributed by atoms with Gasteiger partial charge in [0.05, 0.1) is 21.8 Å². The number of benzene rings is 1. The van der Waals surface area contributed by atoms with E-state index in [-0.39, 0.29) is 0 Å². The third kappa shape index (κ3) is 2.29. The summed E-state index contributed by atoms with van der Waals surface area (Å²) in [6, 6.07) is 6.52. The Morgan fingerprint density at radius 1 is 1.18 bits per heavy atom. The van der Waals surface area contributed by atoms with Gasteiger partial charge in [0.1, 0.15) is 4.88 Å². The minimum absolute atomic E-state index is 0.327. The molecule has 2 amide bonds. The highest BCUT2D eigenvalue weighted by molar-refractivity contribution is 7.13. The molecule has 0 saturated carbocycles. The number of fused-ring (bicyclic) bond motifs is 1. The zero-order valence-corrected chi connectivity index (χ0v) is 12.8. The zero-order valence-electron chi connectivity index (χ0n) is 12.0. The third-order valence-corrected chi connectivity index (χ3v) is 4.34. The van der Waals surface area contributed by atoms with Gasteiger partial charge in [0.15, 0.2) is 6.73 Å². The summed E-state index contributed by atoms with van der Waals surface area (Å²) < 4.78 is 5.09. The second-order valence-electron chi connectivity index (χ2n) is 4.79. The van der Waals surface area contributed by atoms with Crippen molar-refractivity contribution < 1.29 is 19.1 Å². The Kier molecular flexibility index (Phi) is 3.50. The van der Waals surface area contributed by atoms with Gasteiger partial charge in [0, 0.05) is 0 Å². The van der Waals surface area contributed by atoms with E-state index in [0.29, 0.717) is 21.7 Å². The van der Waals surface area contributed by atoms with E-state index in [9.17, 15) is 14.4 Å². The van der Waals surface area contributed by atoms with Crippen LogP contribution in [-0.4, -0.2) is 34.4 Å². The number of thiazole rings is 1. The Bertz CT molecular complexity index is 762. The van der Waals surface area contributed by atoms with Crippen LogP contribution in [0.3, 0.4) is 0 Å². The molecule has 0 saturated heterocycles. The quantitative estimate of drug-likeness (QED) is 0.640. The summed E-state index contributed by atoms with van der Waals surface area (Å²) in [7, 11) is 0. The van der Waals surface area contributed by atoms with Crippen LogP contribution in [0, 0.1) is 13.8 Å². The van der Waals surface area contributed by atoms with Crippen molar-refractivity contribution in [1.29, 1.82) is 0 Å². The molecule has 3 rings (SSSR count). The Hall–Kier alpha value is -2.54. The summed E-state index contributed by atoms with van der Waals surface area (Å²) >= 11 is 1.22. The van der Waals surface area contributed by atoms with Crippen LogP contribution < -0.4 is 0 Å². The predicted octanol–water partition coefficient (Wildman–Crippen LogP) is 2.17. The predicted molar refractivity (Wildman–Crippen MR) is 78.8 cm³/mol. The molecule has 0 bridgehead atoms.